The highest BCUT2D eigenvalue weighted by Gasteiger charge is 2.54. The van der Waals surface area contributed by atoms with E-state index in [1.807, 2.05) is 23.6 Å². The molecule has 2 aliphatic rings. The number of carboxylic acids is 1. The van der Waals surface area contributed by atoms with E-state index >= 15 is 0 Å². The molecule has 0 radical (unpaired) electrons. The van der Waals surface area contributed by atoms with Gasteiger partial charge in [0.05, 0.1) is 0 Å². The van der Waals surface area contributed by atoms with Crippen LogP contribution in [-0.4, -0.2) is 79.4 Å². The van der Waals surface area contributed by atoms with Crippen molar-refractivity contribution in [3.63, 3.8) is 0 Å². The van der Waals surface area contributed by atoms with Gasteiger partial charge in [0.2, 0.25) is 6.41 Å². The van der Waals surface area contributed by atoms with E-state index in [1.165, 1.54) is 40.9 Å². The van der Waals surface area contributed by atoms with Crippen molar-refractivity contribution in [3.05, 3.63) is 58.3 Å². The number of fused-ring (bicyclic) bond motifs is 1. The number of thioether (sulfide) groups is 2. The summed E-state index contributed by atoms with van der Waals surface area (Å²) in [5.41, 5.74) is 0.783. The van der Waals surface area contributed by atoms with E-state index in [0.29, 0.717) is 12.2 Å². The van der Waals surface area contributed by atoms with Crippen molar-refractivity contribution in [2.24, 2.45) is 5.16 Å². The Hall–Kier alpha value is -3.69. The van der Waals surface area contributed by atoms with Crippen molar-refractivity contribution in [2.75, 3.05) is 18.2 Å². The zero-order chi connectivity index (χ0) is 26.4. The summed E-state index contributed by atoms with van der Waals surface area (Å²) in [4.78, 5) is 62.4. The van der Waals surface area contributed by atoms with Crippen LogP contribution in [0.1, 0.15) is 11.3 Å². The Morgan fingerprint density at radius 3 is 2.95 bits per heavy atom. The molecule has 2 unspecified atom stereocenters. The molecule has 2 aliphatic heterocycles. The minimum absolute atomic E-state index is 0.115. The second-order valence-electron chi connectivity index (χ2n) is 7.43. The summed E-state index contributed by atoms with van der Waals surface area (Å²) in [5.74, 6) is -1.93. The van der Waals surface area contributed by atoms with Crippen LogP contribution in [0, 0.1) is 0 Å². The number of carboxylic acid groups (broad SMARTS) is 1. The fraction of sp³-hybridized carbons (Fsp3) is 0.227. The van der Waals surface area contributed by atoms with Crippen molar-refractivity contribution >= 4 is 76.0 Å². The van der Waals surface area contributed by atoms with Crippen LogP contribution < -0.4 is 10.6 Å². The van der Waals surface area contributed by atoms with Gasteiger partial charge in [0.25, 0.3) is 11.8 Å². The van der Waals surface area contributed by atoms with Gasteiger partial charge in [-0.05, 0) is 29.2 Å². The SMILES string of the molecule is CO/N=C(\C(=O)NC1C(=O)N2C(C(=O)O)=CC(CS/C=C\c3cccnc3)S[C@H]12)c1csc(NC=O)n1. The molecule has 0 aliphatic carbocycles. The van der Waals surface area contributed by atoms with Crippen molar-refractivity contribution < 1.29 is 29.1 Å². The molecular weight excluding hydrogens is 540 g/mol. The lowest BCUT2D eigenvalue weighted by Gasteiger charge is -2.49. The van der Waals surface area contributed by atoms with Crippen LogP contribution in [0.15, 0.2) is 52.2 Å². The number of amides is 3. The standard InChI is InChI=1S/C22H20N6O6S3/c1-34-27-16(14-10-36-22(25-14)24-11-29)18(30)26-17-19(31)28-15(21(32)33)7-13(37-20(17)28)9-35-6-4-12-3-2-5-23-8-12/h2-8,10-11,13,17,20H,9H2,1H3,(H,26,30)(H,32,33)(H,24,25,29)/b6-4-,27-16-/t13?,17?,20-/m1/s1. The maximum atomic E-state index is 13.0. The summed E-state index contributed by atoms with van der Waals surface area (Å²) in [7, 11) is 1.26. The third kappa shape index (κ3) is 6.00. The van der Waals surface area contributed by atoms with Crippen molar-refractivity contribution in [2.45, 2.75) is 16.7 Å². The number of carbonyl (C=O) groups excluding carboxylic acids is 3. The quantitative estimate of drug-likeness (QED) is 0.159. The number of β-lactam (4-membered cyclic amide) rings is 1. The van der Waals surface area contributed by atoms with Crippen molar-refractivity contribution in [1.82, 2.24) is 20.2 Å². The zero-order valence-corrected chi connectivity index (χ0v) is 21.6. The molecule has 0 saturated carbocycles. The van der Waals surface area contributed by atoms with Gasteiger partial charge in [-0.3, -0.25) is 24.3 Å². The predicted octanol–water partition coefficient (Wildman–Crippen LogP) is 1.60. The van der Waals surface area contributed by atoms with Crippen LogP contribution in [0.2, 0.25) is 0 Å². The fourth-order valence-corrected chi connectivity index (χ4v) is 6.59. The van der Waals surface area contributed by atoms with E-state index in [0.717, 1.165) is 16.9 Å². The van der Waals surface area contributed by atoms with Crippen LogP contribution in [-0.2, 0) is 24.0 Å². The lowest BCUT2D eigenvalue weighted by atomic mass is 10.0. The van der Waals surface area contributed by atoms with E-state index < -0.39 is 29.2 Å². The second-order valence-corrected chi connectivity index (χ2v) is 10.6. The molecule has 37 heavy (non-hydrogen) atoms. The van der Waals surface area contributed by atoms with Gasteiger partial charge in [-0.1, -0.05) is 11.2 Å². The van der Waals surface area contributed by atoms with Gasteiger partial charge in [-0.2, -0.15) is 0 Å². The summed E-state index contributed by atoms with van der Waals surface area (Å²) < 4.78 is 0. The fourth-order valence-electron chi connectivity index (χ4n) is 3.49. The molecule has 2 aromatic heterocycles. The first kappa shape index (κ1) is 26.4. The van der Waals surface area contributed by atoms with Crippen molar-refractivity contribution in [3.8, 4) is 0 Å². The monoisotopic (exact) mass is 560 g/mol. The van der Waals surface area contributed by atoms with Crippen LogP contribution in [0.25, 0.3) is 6.08 Å². The Kier molecular flexibility index (Phi) is 8.58. The number of aliphatic carboxylic acids is 1. The molecule has 12 nitrogen and oxygen atoms in total. The minimum Gasteiger partial charge on any atom is -0.477 e. The van der Waals surface area contributed by atoms with Crippen LogP contribution >= 0.6 is 34.9 Å². The van der Waals surface area contributed by atoms with E-state index in [-0.39, 0.29) is 27.5 Å². The maximum Gasteiger partial charge on any atom is 0.352 e. The van der Waals surface area contributed by atoms with Crippen LogP contribution in [0.4, 0.5) is 5.13 Å². The van der Waals surface area contributed by atoms with Gasteiger partial charge < -0.3 is 20.6 Å². The number of thiazole rings is 1. The molecule has 0 aromatic carbocycles. The third-order valence-corrected chi connectivity index (χ3v) is 8.37. The van der Waals surface area contributed by atoms with Gasteiger partial charge in [0.1, 0.15) is 29.9 Å². The highest BCUT2D eigenvalue weighted by Crippen LogP contribution is 2.42. The smallest absolute Gasteiger partial charge is 0.352 e. The van der Waals surface area contributed by atoms with E-state index in [9.17, 15) is 24.3 Å². The van der Waals surface area contributed by atoms with Crippen molar-refractivity contribution in [1.29, 1.82) is 0 Å². The van der Waals surface area contributed by atoms with Crippen LogP contribution in [0.5, 0.6) is 0 Å². The Morgan fingerprint density at radius 2 is 2.24 bits per heavy atom. The summed E-state index contributed by atoms with van der Waals surface area (Å²) in [6.07, 6.45) is 7.33. The number of carbonyl (C=O) groups is 4. The number of hydrogen-bond acceptors (Lipinski definition) is 11. The van der Waals surface area contributed by atoms with Gasteiger partial charge in [-0.15, -0.1) is 34.9 Å². The van der Waals surface area contributed by atoms with Gasteiger partial charge >= 0.3 is 5.97 Å². The number of hydrogen-bond donors (Lipinski definition) is 3. The topological polar surface area (TPSA) is 163 Å². The molecule has 4 heterocycles. The molecule has 15 heteroatoms. The average molecular weight is 561 g/mol. The number of rotatable bonds is 11. The molecule has 1 saturated heterocycles. The number of oxime groups is 1. The number of pyridine rings is 1. The molecule has 192 valence electrons. The highest BCUT2D eigenvalue weighted by atomic mass is 32.2. The lowest BCUT2D eigenvalue weighted by molar-refractivity contribution is -0.150. The average Bonchev–Trinajstić information content (AvgIpc) is 3.36. The Bertz CT molecular complexity index is 1280. The molecule has 3 atom stereocenters. The summed E-state index contributed by atoms with van der Waals surface area (Å²) in [5, 5.41) is 21.2. The second kappa shape index (κ2) is 12.0. The first-order valence-electron chi connectivity index (χ1n) is 10.6. The molecule has 4 rings (SSSR count). The van der Waals surface area contributed by atoms with Gasteiger partial charge in [0, 0.05) is 28.8 Å². The number of nitrogens with one attached hydrogen (secondary N) is 2. The first-order valence-corrected chi connectivity index (χ1v) is 13.5. The van der Waals surface area contributed by atoms with E-state index in [1.54, 1.807) is 18.5 Å². The number of nitrogens with zero attached hydrogens (tertiary/aromatic N) is 4. The van der Waals surface area contributed by atoms with Crippen LogP contribution in [0.3, 0.4) is 0 Å². The summed E-state index contributed by atoms with van der Waals surface area (Å²) >= 11 is 3.96. The third-order valence-electron chi connectivity index (χ3n) is 5.09. The molecule has 0 bridgehead atoms. The van der Waals surface area contributed by atoms with Gasteiger partial charge in [-0.25, -0.2) is 9.78 Å². The molecule has 2 aromatic rings. The maximum absolute atomic E-state index is 13.0. The predicted molar refractivity (Wildman–Crippen MR) is 141 cm³/mol. The zero-order valence-electron chi connectivity index (χ0n) is 19.1. The molecule has 0 spiro atoms. The molecule has 3 amide bonds. The lowest BCUT2D eigenvalue weighted by Crippen LogP contribution is -2.71. The first-order chi connectivity index (χ1) is 17.9. The Balaban J connectivity index is 1.44. The van der Waals surface area contributed by atoms with E-state index in [2.05, 4.69) is 25.8 Å². The molecule has 1 fully saturated rings. The largest absolute Gasteiger partial charge is 0.477 e. The normalized spacial score (nSPS) is 21.1. The minimum atomic E-state index is -1.22. The number of aromatic nitrogens is 2. The Labute approximate surface area is 223 Å². The molecular formula is C22H20N6O6S3. The summed E-state index contributed by atoms with van der Waals surface area (Å²) in [6.45, 7) is 0. The molecule has 3 N–H and O–H groups in total. The highest BCUT2D eigenvalue weighted by molar-refractivity contribution is 8.05. The Morgan fingerprint density at radius 1 is 1.41 bits per heavy atom. The van der Waals surface area contributed by atoms with E-state index in [4.69, 9.17) is 4.84 Å². The summed E-state index contributed by atoms with van der Waals surface area (Å²) in [6, 6.07) is 2.78. The number of anilines is 1. The van der Waals surface area contributed by atoms with Gasteiger partial charge in [0.15, 0.2) is 10.8 Å².